The van der Waals surface area contributed by atoms with Crippen molar-refractivity contribution in [1.29, 1.82) is 0 Å². The lowest BCUT2D eigenvalue weighted by atomic mass is 9.90. The van der Waals surface area contributed by atoms with Crippen molar-refractivity contribution in [2.24, 2.45) is 5.92 Å². The molecule has 31 heavy (non-hydrogen) atoms. The Morgan fingerprint density at radius 2 is 1.23 bits per heavy atom. The maximum atomic E-state index is 6.04. The van der Waals surface area contributed by atoms with Gasteiger partial charge in [-0.15, -0.1) is 0 Å². The van der Waals surface area contributed by atoms with E-state index in [0.717, 1.165) is 18.3 Å². The first kappa shape index (κ1) is 23.9. The Bertz CT molecular complexity index is 694. The average molecular weight is 420 g/mol. The second-order valence-corrected chi connectivity index (χ2v) is 9.42. The Hall–Kier alpha value is -1.76. The van der Waals surface area contributed by atoms with E-state index in [2.05, 4.69) is 61.9 Å². The van der Waals surface area contributed by atoms with E-state index in [1.54, 1.807) is 0 Å². The van der Waals surface area contributed by atoms with Crippen LogP contribution >= 0.6 is 0 Å². The van der Waals surface area contributed by atoms with Crippen LogP contribution in [0.2, 0.25) is 0 Å². The number of rotatable bonds is 14. The Kier molecular flexibility index (Phi) is 11.0. The van der Waals surface area contributed by atoms with Crippen LogP contribution in [-0.2, 0) is 6.42 Å². The van der Waals surface area contributed by atoms with E-state index in [4.69, 9.17) is 4.74 Å². The zero-order valence-corrected chi connectivity index (χ0v) is 19.8. The molecule has 3 rings (SSSR count). The Labute approximate surface area is 191 Å². The van der Waals surface area contributed by atoms with Gasteiger partial charge in [-0.25, -0.2) is 0 Å². The van der Waals surface area contributed by atoms with Gasteiger partial charge < -0.3 is 4.74 Å². The van der Waals surface area contributed by atoms with E-state index >= 15 is 0 Å². The van der Waals surface area contributed by atoms with Crippen molar-refractivity contribution < 1.29 is 4.74 Å². The highest BCUT2D eigenvalue weighted by atomic mass is 16.5. The summed E-state index contributed by atoms with van der Waals surface area (Å²) in [5.74, 6) is 1.73. The maximum absolute atomic E-state index is 6.04. The molecule has 0 heterocycles. The molecule has 1 nitrogen and oxygen atoms in total. The average Bonchev–Trinajstić information content (AvgIpc) is 2.83. The minimum atomic E-state index is 0.725. The lowest BCUT2D eigenvalue weighted by Crippen LogP contribution is -2.15. The second-order valence-electron chi connectivity index (χ2n) is 9.42. The monoisotopic (exact) mass is 419 g/mol. The van der Waals surface area contributed by atoms with E-state index in [9.17, 15) is 0 Å². The number of unbranched alkanes of at least 4 members (excludes halogenated alkanes) is 8. The van der Waals surface area contributed by atoms with Gasteiger partial charge in [-0.2, -0.15) is 0 Å². The predicted octanol–water partition coefficient (Wildman–Crippen LogP) is 9.20. The molecule has 0 amide bonds. The summed E-state index contributed by atoms with van der Waals surface area (Å²) in [5, 5.41) is 0. The molecule has 0 unspecified atom stereocenters. The molecular weight excluding hydrogens is 376 g/mol. The molecule has 0 atom stereocenters. The molecule has 0 N–H and O–H groups in total. The first-order valence-corrected chi connectivity index (χ1v) is 13.0. The van der Waals surface area contributed by atoms with Gasteiger partial charge in [0.2, 0.25) is 0 Å². The van der Waals surface area contributed by atoms with Crippen molar-refractivity contribution >= 4 is 0 Å². The quantitative estimate of drug-likeness (QED) is 0.277. The third kappa shape index (κ3) is 9.09. The standard InChI is InChI=1S/C30H43O/c1-2-3-4-5-6-7-8-9-11-14-26-17-19-28(20-18-26)29-21-23-30(24-22-29)31-25-27-15-12-10-13-16-27/h10,17-24,27H,2-9,11-16,25H2,1H3. The minimum Gasteiger partial charge on any atom is -0.493 e. The van der Waals surface area contributed by atoms with Crippen LogP contribution in [0.4, 0.5) is 0 Å². The fourth-order valence-corrected chi connectivity index (χ4v) is 4.62. The molecule has 1 fully saturated rings. The smallest absolute Gasteiger partial charge is 0.119 e. The number of ether oxygens (including phenoxy) is 1. The Balaban J connectivity index is 1.33. The van der Waals surface area contributed by atoms with E-state index in [0.29, 0.717) is 0 Å². The van der Waals surface area contributed by atoms with Gasteiger partial charge in [0.1, 0.15) is 5.75 Å². The summed E-state index contributed by atoms with van der Waals surface area (Å²) < 4.78 is 6.04. The van der Waals surface area contributed by atoms with Crippen LogP contribution in [0.15, 0.2) is 48.5 Å². The van der Waals surface area contributed by atoms with E-state index in [1.165, 1.54) is 107 Å². The van der Waals surface area contributed by atoms with Crippen LogP contribution in [0.1, 0.15) is 96.0 Å². The van der Waals surface area contributed by atoms with E-state index in [-0.39, 0.29) is 0 Å². The van der Waals surface area contributed by atoms with E-state index in [1.807, 2.05) is 0 Å². The van der Waals surface area contributed by atoms with Crippen molar-refractivity contribution in [2.75, 3.05) is 6.61 Å². The van der Waals surface area contributed by atoms with Crippen LogP contribution in [0.25, 0.3) is 11.1 Å². The number of aryl methyl sites for hydroxylation is 1. The van der Waals surface area contributed by atoms with Crippen LogP contribution in [0.5, 0.6) is 5.75 Å². The summed E-state index contributed by atoms with van der Waals surface area (Å²) in [4.78, 5) is 0. The molecule has 0 aliphatic heterocycles. The molecule has 1 radical (unpaired) electrons. The maximum Gasteiger partial charge on any atom is 0.119 e. The highest BCUT2D eigenvalue weighted by molar-refractivity contribution is 5.64. The van der Waals surface area contributed by atoms with E-state index < -0.39 is 0 Å². The van der Waals surface area contributed by atoms with Crippen molar-refractivity contribution in [3.63, 3.8) is 0 Å². The second kappa shape index (κ2) is 14.3. The summed E-state index contributed by atoms with van der Waals surface area (Å²) in [6.07, 6.45) is 21.2. The topological polar surface area (TPSA) is 9.23 Å². The summed E-state index contributed by atoms with van der Waals surface area (Å²) >= 11 is 0. The Morgan fingerprint density at radius 1 is 0.677 bits per heavy atom. The molecule has 0 aromatic heterocycles. The number of benzene rings is 2. The molecule has 169 valence electrons. The molecule has 0 saturated heterocycles. The molecule has 0 bridgehead atoms. The van der Waals surface area contributed by atoms with Crippen molar-refractivity contribution in [3.05, 3.63) is 60.5 Å². The molecule has 2 aromatic carbocycles. The van der Waals surface area contributed by atoms with Crippen LogP contribution in [-0.4, -0.2) is 6.61 Å². The summed E-state index contributed by atoms with van der Waals surface area (Å²) in [6, 6.07) is 17.8. The fourth-order valence-electron chi connectivity index (χ4n) is 4.62. The SMILES string of the molecule is CCCCCCCCCCCc1ccc(-c2ccc(OCC3CC[CH]CC3)cc2)cc1. The summed E-state index contributed by atoms with van der Waals surface area (Å²) in [6.45, 7) is 3.15. The third-order valence-electron chi connectivity index (χ3n) is 6.75. The normalized spacial score (nSPS) is 14.6. The largest absolute Gasteiger partial charge is 0.493 e. The summed E-state index contributed by atoms with van der Waals surface area (Å²) in [7, 11) is 0. The van der Waals surface area contributed by atoms with Crippen LogP contribution < -0.4 is 4.74 Å². The number of hydrogen-bond acceptors (Lipinski definition) is 1. The molecule has 1 heteroatoms. The highest BCUT2D eigenvalue weighted by Crippen LogP contribution is 2.26. The zero-order valence-electron chi connectivity index (χ0n) is 19.8. The van der Waals surface area contributed by atoms with Gasteiger partial charge in [-0.05, 0) is 79.7 Å². The van der Waals surface area contributed by atoms with Gasteiger partial charge >= 0.3 is 0 Å². The Morgan fingerprint density at radius 3 is 1.84 bits per heavy atom. The van der Waals surface area contributed by atoms with Crippen LogP contribution in [0.3, 0.4) is 0 Å². The van der Waals surface area contributed by atoms with Gasteiger partial charge in [0.15, 0.2) is 0 Å². The lowest BCUT2D eigenvalue weighted by Gasteiger charge is -2.21. The van der Waals surface area contributed by atoms with Gasteiger partial charge in [-0.3, -0.25) is 0 Å². The van der Waals surface area contributed by atoms with Gasteiger partial charge in [-0.1, -0.05) is 94.7 Å². The first-order chi connectivity index (χ1) is 15.3. The molecule has 1 saturated carbocycles. The predicted molar refractivity (Wildman–Crippen MR) is 135 cm³/mol. The molecule has 2 aromatic rings. The number of hydrogen-bond donors (Lipinski definition) is 0. The van der Waals surface area contributed by atoms with Crippen molar-refractivity contribution in [3.8, 4) is 16.9 Å². The molecule has 1 aliphatic rings. The summed E-state index contributed by atoms with van der Waals surface area (Å²) in [5.41, 5.74) is 4.04. The van der Waals surface area contributed by atoms with Gasteiger partial charge in [0.25, 0.3) is 0 Å². The fraction of sp³-hybridized carbons (Fsp3) is 0.567. The molecule has 1 aliphatic carbocycles. The minimum absolute atomic E-state index is 0.725. The third-order valence-corrected chi connectivity index (χ3v) is 6.75. The molecular formula is C30H43O. The van der Waals surface area contributed by atoms with Gasteiger partial charge in [0, 0.05) is 0 Å². The first-order valence-electron chi connectivity index (χ1n) is 13.0. The molecule has 0 spiro atoms. The van der Waals surface area contributed by atoms with Crippen molar-refractivity contribution in [1.82, 2.24) is 0 Å². The zero-order chi connectivity index (χ0) is 21.6. The lowest BCUT2D eigenvalue weighted by molar-refractivity contribution is 0.221. The van der Waals surface area contributed by atoms with Crippen LogP contribution in [0, 0.1) is 12.3 Å². The highest BCUT2D eigenvalue weighted by Gasteiger charge is 2.14. The van der Waals surface area contributed by atoms with Gasteiger partial charge in [0.05, 0.1) is 6.61 Å². The van der Waals surface area contributed by atoms with Crippen molar-refractivity contribution in [2.45, 2.75) is 96.8 Å².